The van der Waals surface area contributed by atoms with E-state index in [-0.39, 0.29) is 10.5 Å². The molecule has 2 aromatic carbocycles. The first-order chi connectivity index (χ1) is 12.9. The second kappa shape index (κ2) is 8.10. The lowest BCUT2D eigenvalue weighted by Gasteiger charge is -2.34. The molecule has 2 aromatic rings. The smallest absolute Gasteiger partial charge is 0.340 e. The van der Waals surface area contributed by atoms with Crippen molar-refractivity contribution in [2.45, 2.75) is 24.2 Å². The van der Waals surface area contributed by atoms with Crippen molar-refractivity contribution in [1.29, 1.82) is 0 Å². The number of esters is 1. The van der Waals surface area contributed by atoms with Crippen molar-refractivity contribution in [3.05, 3.63) is 59.7 Å². The number of piperidine rings is 1. The van der Waals surface area contributed by atoms with E-state index in [1.807, 2.05) is 6.07 Å². The lowest BCUT2D eigenvalue weighted by molar-refractivity contribution is 0.0601. The summed E-state index contributed by atoms with van der Waals surface area (Å²) >= 11 is 0. The van der Waals surface area contributed by atoms with E-state index < -0.39 is 16.0 Å². The molecule has 0 aliphatic carbocycles. The van der Waals surface area contributed by atoms with Gasteiger partial charge in [0, 0.05) is 13.1 Å². The van der Waals surface area contributed by atoms with Crippen molar-refractivity contribution < 1.29 is 17.9 Å². The number of ether oxygens (including phenoxy) is 1. The van der Waals surface area contributed by atoms with E-state index in [1.54, 1.807) is 6.07 Å². The normalized spacial score (nSPS) is 15.6. The molecular weight excluding hydrogens is 364 g/mol. The molecule has 3 rings (SSSR count). The van der Waals surface area contributed by atoms with Crippen LogP contribution in [0.4, 0.5) is 5.69 Å². The van der Waals surface area contributed by atoms with Gasteiger partial charge < -0.3 is 9.64 Å². The van der Waals surface area contributed by atoms with Gasteiger partial charge in [-0.2, -0.15) is 0 Å². The van der Waals surface area contributed by atoms with Crippen LogP contribution < -0.4 is 10.0 Å². The van der Waals surface area contributed by atoms with Gasteiger partial charge in [-0.25, -0.2) is 18.4 Å². The van der Waals surface area contributed by atoms with Crippen molar-refractivity contribution in [2.24, 2.45) is 11.1 Å². The highest BCUT2D eigenvalue weighted by molar-refractivity contribution is 7.89. The van der Waals surface area contributed by atoms with Gasteiger partial charge in [0.1, 0.15) is 0 Å². The van der Waals surface area contributed by atoms with E-state index in [9.17, 15) is 13.2 Å². The highest BCUT2D eigenvalue weighted by Gasteiger charge is 2.25. The van der Waals surface area contributed by atoms with Crippen LogP contribution in [-0.2, 0) is 21.2 Å². The van der Waals surface area contributed by atoms with E-state index in [0.29, 0.717) is 11.6 Å². The molecule has 0 bridgehead atoms. The molecule has 1 heterocycles. The number of methoxy groups -OCH3 is 1. The van der Waals surface area contributed by atoms with Crippen LogP contribution in [0.2, 0.25) is 0 Å². The van der Waals surface area contributed by atoms with Crippen LogP contribution in [0, 0.1) is 5.92 Å². The molecule has 1 fully saturated rings. The summed E-state index contributed by atoms with van der Waals surface area (Å²) in [6.45, 7) is 1.60. The van der Waals surface area contributed by atoms with Crippen LogP contribution in [0.5, 0.6) is 0 Å². The second-order valence-corrected chi connectivity index (χ2v) is 8.40. The van der Waals surface area contributed by atoms with E-state index in [1.165, 1.54) is 24.8 Å². The number of anilines is 1. The summed E-state index contributed by atoms with van der Waals surface area (Å²) in [5.74, 6) is 0.0239. The number of nitrogens with zero attached hydrogens (tertiary/aromatic N) is 1. The Labute approximate surface area is 160 Å². The molecule has 0 radical (unpaired) electrons. The predicted octanol–water partition coefficient (Wildman–Crippen LogP) is 2.58. The summed E-state index contributed by atoms with van der Waals surface area (Å²) in [4.78, 5) is 14.2. The first kappa shape index (κ1) is 19.4. The first-order valence-electron chi connectivity index (χ1n) is 8.92. The molecule has 27 heavy (non-hydrogen) atoms. The van der Waals surface area contributed by atoms with Crippen LogP contribution in [0.1, 0.15) is 28.8 Å². The molecule has 1 saturated heterocycles. The minimum atomic E-state index is -3.88. The van der Waals surface area contributed by atoms with Crippen molar-refractivity contribution in [3.63, 3.8) is 0 Å². The minimum absolute atomic E-state index is 0.0920. The quantitative estimate of drug-likeness (QED) is 0.795. The zero-order valence-electron chi connectivity index (χ0n) is 15.3. The topological polar surface area (TPSA) is 89.7 Å². The van der Waals surface area contributed by atoms with Gasteiger partial charge in [-0.3, -0.25) is 0 Å². The summed E-state index contributed by atoms with van der Waals surface area (Å²) in [5.41, 5.74) is 2.25. The summed E-state index contributed by atoms with van der Waals surface area (Å²) < 4.78 is 28.1. The molecule has 1 aliphatic heterocycles. The van der Waals surface area contributed by atoms with E-state index >= 15 is 0 Å². The van der Waals surface area contributed by atoms with Crippen LogP contribution >= 0.6 is 0 Å². The summed E-state index contributed by atoms with van der Waals surface area (Å²) in [6, 6.07) is 14.8. The molecule has 0 amide bonds. The number of sulfonamides is 1. The maximum atomic E-state index is 12.2. The Hall–Kier alpha value is -2.38. The SMILES string of the molecule is COC(=O)c1cc(S(N)(=O)=O)ccc1N1CCC(Cc2ccccc2)CC1. The van der Waals surface area contributed by atoms with Crippen LogP contribution in [0.3, 0.4) is 0 Å². The number of carbonyl (C=O) groups excluding carboxylic acids is 1. The van der Waals surface area contributed by atoms with Crippen molar-refractivity contribution in [2.75, 3.05) is 25.1 Å². The van der Waals surface area contributed by atoms with Gasteiger partial charge in [-0.15, -0.1) is 0 Å². The van der Waals surface area contributed by atoms with Crippen molar-refractivity contribution in [1.82, 2.24) is 0 Å². The Morgan fingerprint density at radius 1 is 1.15 bits per heavy atom. The van der Waals surface area contributed by atoms with Gasteiger partial charge in [0.25, 0.3) is 0 Å². The highest BCUT2D eigenvalue weighted by atomic mass is 32.2. The zero-order chi connectivity index (χ0) is 19.4. The average molecular weight is 388 g/mol. The number of rotatable bonds is 5. The molecular formula is C20H24N2O4S. The molecule has 2 N–H and O–H groups in total. The minimum Gasteiger partial charge on any atom is -0.465 e. The van der Waals surface area contributed by atoms with Crippen molar-refractivity contribution >= 4 is 21.7 Å². The first-order valence-corrected chi connectivity index (χ1v) is 10.5. The lowest BCUT2D eigenvalue weighted by Crippen LogP contribution is -2.35. The summed E-state index contributed by atoms with van der Waals surface area (Å²) in [5, 5.41) is 5.19. The molecule has 0 atom stereocenters. The number of hydrogen-bond acceptors (Lipinski definition) is 5. The third-order valence-electron chi connectivity index (χ3n) is 5.02. The molecule has 0 spiro atoms. The number of benzene rings is 2. The second-order valence-electron chi connectivity index (χ2n) is 6.84. The Morgan fingerprint density at radius 2 is 1.81 bits per heavy atom. The Balaban J connectivity index is 1.76. The van der Waals surface area contributed by atoms with Crippen LogP contribution in [-0.4, -0.2) is 34.6 Å². The van der Waals surface area contributed by atoms with Crippen LogP contribution in [0.15, 0.2) is 53.4 Å². The van der Waals surface area contributed by atoms with E-state index in [4.69, 9.17) is 9.88 Å². The Bertz CT molecular complexity index is 905. The van der Waals surface area contributed by atoms with Gasteiger partial charge in [-0.1, -0.05) is 30.3 Å². The fourth-order valence-corrected chi connectivity index (χ4v) is 4.11. The molecule has 1 aliphatic rings. The largest absolute Gasteiger partial charge is 0.465 e. The zero-order valence-corrected chi connectivity index (χ0v) is 16.1. The number of nitrogens with two attached hydrogens (primary N) is 1. The summed E-state index contributed by atoms with van der Waals surface area (Å²) in [7, 11) is -2.60. The standard InChI is InChI=1S/C20H24N2O4S/c1-26-20(23)18-14-17(27(21,24)25)7-8-19(18)22-11-9-16(10-12-22)13-15-5-3-2-4-6-15/h2-8,14,16H,9-13H2,1H3,(H2,21,24,25). The van der Waals surface area contributed by atoms with Crippen molar-refractivity contribution in [3.8, 4) is 0 Å². The molecule has 144 valence electrons. The fourth-order valence-electron chi connectivity index (χ4n) is 3.57. The van der Waals surface area contributed by atoms with Gasteiger partial charge in [0.05, 0.1) is 23.3 Å². The van der Waals surface area contributed by atoms with E-state index in [0.717, 1.165) is 32.4 Å². The molecule has 6 nitrogen and oxygen atoms in total. The molecule has 7 heteroatoms. The van der Waals surface area contributed by atoms with Gasteiger partial charge in [-0.05, 0) is 48.9 Å². The van der Waals surface area contributed by atoms with Gasteiger partial charge in [0.2, 0.25) is 10.0 Å². The average Bonchev–Trinajstić information content (AvgIpc) is 2.67. The van der Waals surface area contributed by atoms with Gasteiger partial charge in [0.15, 0.2) is 0 Å². The fraction of sp³-hybridized carbons (Fsp3) is 0.350. The number of carbonyl (C=O) groups is 1. The third-order valence-corrected chi connectivity index (χ3v) is 5.94. The third kappa shape index (κ3) is 4.67. The predicted molar refractivity (Wildman–Crippen MR) is 104 cm³/mol. The monoisotopic (exact) mass is 388 g/mol. The van der Waals surface area contributed by atoms with Crippen LogP contribution in [0.25, 0.3) is 0 Å². The molecule has 0 unspecified atom stereocenters. The maximum Gasteiger partial charge on any atom is 0.340 e. The lowest BCUT2D eigenvalue weighted by atomic mass is 9.90. The maximum absolute atomic E-state index is 12.2. The Morgan fingerprint density at radius 3 is 2.41 bits per heavy atom. The molecule has 0 saturated carbocycles. The van der Waals surface area contributed by atoms with E-state index in [2.05, 4.69) is 29.2 Å². The number of primary sulfonamides is 1. The van der Waals surface area contributed by atoms with Gasteiger partial charge >= 0.3 is 5.97 Å². The molecule has 0 aromatic heterocycles. The Kier molecular flexibility index (Phi) is 5.82. The summed E-state index contributed by atoms with van der Waals surface area (Å²) in [6.07, 6.45) is 3.06. The number of hydrogen-bond donors (Lipinski definition) is 1. The highest BCUT2D eigenvalue weighted by Crippen LogP contribution is 2.30.